The second-order valence-electron chi connectivity index (χ2n) is 4.94. The van der Waals surface area contributed by atoms with Crippen molar-refractivity contribution in [2.45, 2.75) is 20.1 Å². The van der Waals surface area contributed by atoms with E-state index in [-0.39, 0.29) is 11.6 Å². The van der Waals surface area contributed by atoms with Gasteiger partial charge in [0.25, 0.3) is 6.29 Å². The maximum absolute atomic E-state index is 11.5. The Balaban J connectivity index is 2.21. The first-order valence-corrected chi connectivity index (χ1v) is 7.60. The summed E-state index contributed by atoms with van der Waals surface area (Å²) >= 11 is 0. The Bertz CT molecular complexity index is 751. The van der Waals surface area contributed by atoms with Gasteiger partial charge in [-0.3, -0.25) is 0 Å². The van der Waals surface area contributed by atoms with Crippen LogP contribution >= 0.6 is 0 Å². The molecule has 0 bridgehead atoms. The molecule has 8 heteroatoms. The van der Waals surface area contributed by atoms with Crippen LogP contribution in [0, 0.1) is 0 Å². The third kappa shape index (κ3) is 4.98. The monoisotopic (exact) mass is 345 g/mol. The van der Waals surface area contributed by atoms with Crippen molar-refractivity contribution in [1.29, 1.82) is 0 Å². The highest BCUT2D eigenvalue weighted by Crippen LogP contribution is 2.27. The maximum Gasteiger partial charge on any atom is 0.336 e. The number of aromatic nitrogens is 3. The minimum Gasteiger partial charge on any atom is -0.493 e. The average molecular weight is 345 g/mol. The fraction of sp³-hybridized carbons (Fsp3) is 0.294. The van der Waals surface area contributed by atoms with Crippen LogP contribution in [0.15, 0.2) is 42.7 Å². The van der Waals surface area contributed by atoms with E-state index in [1.807, 2.05) is 19.1 Å². The minimum absolute atomic E-state index is 0.0927. The molecule has 0 saturated carbocycles. The smallest absolute Gasteiger partial charge is 0.336 e. The fourth-order valence-electron chi connectivity index (χ4n) is 1.84. The summed E-state index contributed by atoms with van der Waals surface area (Å²) in [5.74, 6) is 0.265. The number of hydrogen-bond acceptors (Lipinski definition) is 8. The van der Waals surface area contributed by atoms with Gasteiger partial charge in [-0.2, -0.15) is 9.97 Å². The quantitative estimate of drug-likeness (QED) is 0.438. The zero-order valence-electron chi connectivity index (χ0n) is 14.0. The number of nitrogens with zero attached hydrogens (tertiary/aromatic N) is 3. The van der Waals surface area contributed by atoms with Crippen molar-refractivity contribution in [3.8, 4) is 23.1 Å². The second kappa shape index (κ2) is 8.74. The first-order valence-electron chi connectivity index (χ1n) is 7.60. The second-order valence-corrected chi connectivity index (χ2v) is 4.94. The number of aliphatic hydroxyl groups is 1. The summed E-state index contributed by atoms with van der Waals surface area (Å²) < 4.78 is 15.8. The molecule has 1 heterocycles. The largest absolute Gasteiger partial charge is 0.493 e. The van der Waals surface area contributed by atoms with Crippen LogP contribution in [0.2, 0.25) is 0 Å². The zero-order valence-corrected chi connectivity index (χ0v) is 14.0. The Hall–Kier alpha value is -3.00. The third-order valence-electron chi connectivity index (χ3n) is 2.95. The molecule has 0 saturated heterocycles. The number of para-hydroxylation sites is 1. The van der Waals surface area contributed by atoms with Gasteiger partial charge in [-0.15, -0.1) is 0 Å². The highest BCUT2D eigenvalue weighted by atomic mass is 16.7. The van der Waals surface area contributed by atoms with Crippen LogP contribution in [-0.2, 0) is 9.53 Å². The fourth-order valence-corrected chi connectivity index (χ4v) is 1.84. The summed E-state index contributed by atoms with van der Waals surface area (Å²) in [4.78, 5) is 23.7. The van der Waals surface area contributed by atoms with Crippen LogP contribution in [0.1, 0.15) is 13.8 Å². The normalized spacial score (nSPS) is 11.5. The Morgan fingerprint density at radius 3 is 2.76 bits per heavy atom. The van der Waals surface area contributed by atoms with Crippen molar-refractivity contribution in [1.82, 2.24) is 15.0 Å². The summed E-state index contributed by atoms with van der Waals surface area (Å²) in [6.07, 6.45) is 0.0108. The molecule has 132 valence electrons. The summed E-state index contributed by atoms with van der Waals surface area (Å²) in [6, 6.07) is 7.17. The topological polar surface area (TPSA) is 104 Å². The van der Waals surface area contributed by atoms with E-state index < -0.39 is 18.9 Å². The summed E-state index contributed by atoms with van der Waals surface area (Å²) in [5.41, 5.74) is 0.847. The first kappa shape index (κ1) is 18.3. The molecule has 0 radical (unpaired) electrons. The number of rotatable bonds is 8. The van der Waals surface area contributed by atoms with Crippen molar-refractivity contribution in [2.75, 3.05) is 13.2 Å². The molecule has 25 heavy (non-hydrogen) atoms. The van der Waals surface area contributed by atoms with Gasteiger partial charge < -0.3 is 19.3 Å². The van der Waals surface area contributed by atoms with E-state index in [9.17, 15) is 9.90 Å². The molecular formula is C17H19N3O5. The molecule has 1 atom stereocenters. The molecule has 0 aliphatic rings. The third-order valence-corrected chi connectivity index (χ3v) is 2.95. The van der Waals surface area contributed by atoms with E-state index in [0.717, 1.165) is 0 Å². The van der Waals surface area contributed by atoms with E-state index in [4.69, 9.17) is 14.2 Å². The Labute approximate surface area is 145 Å². The molecule has 0 aliphatic heterocycles. The molecule has 0 aliphatic carbocycles. The van der Waals surface area contributed by atoms with E-state index >= 15 is 0 Å². The molecule has 1 N–H and O–H groups in total. The van der Waals surface area contributed by atoms with Crippen LogP contribution in [0.4, 0.5) is 0 Å². The van der Waals surface area contributed by atoms with Crippen molar-refractivity contribution in [3.63, 3.8) is 0 Å². The van der Waals surface area contributed by atoms with Gasteiger partial charge in [-0.1, -0.05) is 18.7 Å². The molecule has 1 aromatic carbocycles. The molecule has 1 unspecified atom stereocenters. The van der Waals surface area contributed by atoms with Crippen LogP contribution in [0.5, 0.6) is 11.8 Å². The molecule has 2 rings (SSSR count). The van der Waals surface area contributed by atoms with Gasteiger partial charge >= 0.3 is 12.0 Å². The lowest BCUT2D eigenvalue weighted by molar-refractivity contribution is -0.164. The van der Waals surface area contributed by atoms with Gasteiger partial charge in [0.2, 0.25) is 0 Å². The molecule has 0 spiro atoms. The van der Waals surface area contributed by atoms with Crippen LogP contribution in [-0.4, -0.2) is 45.5 Å². The zero-order chi connectivity index (χ0) is 18.2. The maximum atomic E-state index is 11.5. The number of hydrogen-bond donors (Lipinski definition) is 1. The van der Waals surface area contributed by atoms with E-state index in [2.05, 4.69) is 21.5 Å². The van der Waals surface area contributed by atoms with Gasteiger partial charge in [0.05, 0.1) is 12.2 Å². The predicted molar refractivity (Wildman–Crippen MR) is 88.8 cm³/mol. The van der Waals surface area contributed by atoms with Gasteiger partial charge in [0.15, 0.2) is 5.82 Å². The molecule has 0 fully saturated rings. The van der Waals surface area contributed by atoms with Crippen LogP contribution in [0.3, 0.4) is 0 Å². The SMILES string of the molecule is C=C(C)C(=O)OC(CO)Oc1ncnc(-c2ccccc2OCC)n1. The van der Waals surface area contributed by atoms with Crippen molar-refractivity contribution in [3.05, 3.63) is 42.7 Å². The lowest BCUT2D eigenvalue weighted by Gasteiger charge is -2.16. The Kier molecular flexibility index (Phi) is 6.41. The van der Waals surface area contributed by atoms with Gasteiger partial charge in [-0.05, 0) is 26.0 Å². The molecular weight excluding hydrogens is 326 g/mol. The lowest BCUT2D eigenvalue weighted by Crippen LogP contribution is -2.29. The minimum atomic E-state index is -1.25. The van der Waals surface area contributed by atoms with Crippen molar-refractivity contribution in [2.24, 2.45) is 0 Å². The Morgan fingerprint density at radius 2 is 2.08 bits per heavy atom. The highest BCUT2D eigenvalue weighted by Gasteiger charge is 2.18. The van der Waals surface area contributed by atoms with Gasteiger partial charge in [0, 0.05) is 5.57 Å². The first-order chi connectivity index (χ1) is 12.0. The number of ether oxygens (including phenoxy) is 3. The van der Waals surface area contributed by atoms with E-state index in [0.29, 0.717) is 23.7 Å². The van der Waals surface area contributed by atoms with Crippen molar-refractivity contribution >= 4 is 5.97 Å². The summed E-state index contributed by atoms with van der Waals surface area (Å²) in [7, 11) is 0. The number of carbonyl (C=O) groups excluding carboxylic acids is 1. The van der Waals surface area contributed by atoms with E-state index in [1.54, 1.807) is 12.1 Å². The van der Waals surface area contributed by atoms with Crippen LogP contribution < -0.4 is 9.47 Å². The van der Waals surface area contributed by atoms with Gasteiger partial charge in [0.1, 0.15) is 18.7 Å². The Morgan fingerprint density at radius 1 is 1.32 bits per heavy atom. The summed E-state index contributed by atoms with van der Waals surface area (Å²) in [6.45, 7) is 6.76. The number of esters is 1. The molecule has 2 aromatic rings. The standard InChI is InChI=1S/C17H19N3O5/c1-4-23-13-8-6-5-7-12(13)15-18-10-19-17(20-15)25-14(9-21)24-16(22)11(2)3/h5-8,10,14,21H,2,4,9H2,1,3H3. The van der Waals surface area contributed by atoms with E-state index in [1.165, 1.54) is 13.3 Å². The number of aliphatic hydroxyl groups excluding tert-OH is 1. The number of benzene rings is 1. The van der Waals surface area contributed by atoms with Gasteiger partial charge in [-0.25, -0.2) is 9.78 Å². The van der Waals surface area contributed by atoms with Crippen molar-refractivity contribution < 1.29 is 24.1 Å². The van der Waals surface area contributed by atoms with Crippen LogP contribution in [0.25, 0.3) is 11.4 Å². The average Bonchev–Trinajstić information content (AvgIpc) is 2.62. The molecule has 8 nitrogen and oxygen atoms in total. The predicted octanol–water partition coefficient (Wildman–Crippen LogP) is 1.75. The highest BCUT2D eigenvalue weighted by molar-refractivity contribution is 5.87. The number of carbonyl (C=O) groups is 1. The molecule has 0 amide bonds. The lowest BCUT2D eigenvalue weighted by atomic mass is 10.2. The summed E-state index contributed by atoms with van der Waals surface area (Å²) in [5, 5.41) is 9.30. The molecule has 1 aromatic heterocycles.